The number of halogens is 2. The van der Waals surface area contributed by atoms with Crippen molar-refractivity contribution in [1.29, 1.82) is 0 Å². The maximum atomic E-state index is 12.4. The number of nitrogens with one attached hydrogen (secondary N) is 1. The molecule has 1 aromatic rings. The van der Waals surface area contributed by atoms with Crippen molar-refractivity contribution in [2.45, 2.75) is 6.43 Å². The quantitative estimate of drug-likeness (QED) is 0.745. The summed E-state index contributed by atoms with van der Waals surface area (Å²) in [6.45, 7) is 0. The number of carbonyl (C=O) groups is 1. The van der Waals surface area contributed by atoms with E-state index in [1.807, 2.05) is 0 Å². The van der Waals surface area contributed by atoms with Gasteiger partial charge in [0.25, 0.3) is 12.3 Å². The summed E-state index contributed by atoms with van der Waals surface area (Å²) in [5.41, 5.74) is -0.445. The second-order valence-electron chi connectivity index (χ2n) is 2.45. The van der Waals surface area contributed by atoms with E-state index in [-0.39, 0.29) is 11.3 Å². The highest BCUT2D eigenvalue weighted by molar-refractivity contribution is 5.94. The van der Waals surface area contributed by atoms with E-state index in [0.29, 0.717) is 0 Å². The smallest absolute Gasteiger partial charge is 0.280 e. The van der Waals surface area contributed by atoms with E-state index in [0.717, 1.165) is 10.9 Å². The van der Waals surface area contributed by atoms with Crippen LogP contribution in [-0.4, -0.2) is 22.7 Å². The highest BCUT2D eigenvalue weighted by atomic mass is 19.3. The molecule has 0 saturated carbocycles. The summed E-state index contributed by atoms with van der Waals surface area (Å²) < 4.78 is 25.8. The lowest BCUT2D eigenvalue weighted by Gasteiger charge is -2.02. The van der Waals surface area contributed by atoms with Crippen LogP contribution in [0.3, 0.4) is 0 Å². The molecule has 0 radical (unpaired) electrons. The molecule has 1 heterocycles. The van der Waals surface area contributed by atoms with Gasteiger partial charge < -0.3 is 5.32 Å². The van der Waals surface area contributed by atoms with Crippen molar-refractivity contribution in [3.63, 3.8) is 0 Å². The fraction of sp³-hybridized carbons (Fsp3) is 0.429. The third-order valence-electron chi connectivity index (χ3n) is 1.66. The first-order chi connectivity index (χ1) is 6.07. The van der Waals surface area contributed by atoms with Crippen LogP contribution in [0.1, 0.15) is 22.5 Å². The Kier molecular flexibility index (Phi) is 2.60. The molecule has 0 aliphatic rings. The number of alkyl halides is 2. The fourth-order valence-electron chi connectivity index (χ4n) is 1.02. The standard InChI is InChI=1S/C7H9F2N3O/c1-10-7(13)4-3-11-12(2)5(4)6(8)9/h3,6H,1-2H3,(H,10,13). The predicted molar refractivity (Wildman–Crippen MR) is 41.6 cm³/mol. The Balaban J connectivity index is 3.15. The molecular formula is C7H9F2N3O. The van der Waals surface area contributed by atoms with Crippen LogP contribution in [0.15, 0.2) is 6.20 Å². The van der Waals surface area contributed by atoms with Crippen molar-refractivity contribution in [3.05, 3.63) is 17.5 Å². The van der Waals surface area contributed by atoms with E-state index in [1.54, 1.807) is 0 Å². The molecule has 0 fully saturated rings. The second-order valence-corrected chi connectivity index (χ2v) is 2.45. The first kappa shape index (κ1) is 9.63. The lowest BCUT2D eigenvalue weighted by atomic mass is 10.2. The molecule has 0 aliphatic carbocycles. The third kappa shape index (κ3) is 1.66. The number of nitrogens with zero attached hydrogens (tertiary/aromatic N) is 2. The van der Waals surface area contributed by atoms with Crippen LogP contribution in [0.4, 0.5) is 8.78 Å². The van der Waals surface area contributed by atoms with Crippen LogP contribution < -0.4 is 5.32 Å². The van der Waals surface area contributed by atoms with Crippen molar-refractivity contribution >= 4 is 5.91 Å². The third-order valence-corrected chi connectivity index (χ3v) is 1.66. The maximum Gasteiger partial charge on any atom is 0.280 e. The summed E-state index contributed by atoms with van der Waals surface area (Å²) >= 11 is 0. The molecule has 0 aliphatic heterocycles. The molecule has 1 aromatic heterocycles. The van der Waals surface area contributed by atoms with Gasteiger partial charge in [0.15, 0.2) is 0 Å². The fourth-order valence-corrected chi connectivity index (χ4v) is 1.02. The van der Waals surface area contributed by atoms with Gasteiger partial charge in [-0.2, -0.15) is 5.10 Å². The minimum atomic E-state index is -2.69. The molecule has 0 bridgehead atoms. The van der Waals surface area contributed by atoms with Crippen LogP contribution in [0.25, 0.3) is 0 Å². The molecule has 6 heteroatoms. The van der Waals surface area contributed by atoms with Gasteiger partial charge in [-0.15, -0.1) is 0 Å². The van der Waals surface area contributed by atoms with E-state index in [9.17, 15) is 13.6 Å². The molecule has 1 N–H and O–H groups in total. The number of aromatic nitrogens is 2. The van der Waals surface area contributed by atoms with E-state index >= 15 is 0 Å². The van der Waals surface area contributed by atoms with Crippen molar-refractivity contribution in [3.8, 4) is 0 Å². The summed E-state index contributed by atoms with van der Waals surface area (Å²) in [7, 11) is 2.75. The molecule has 0 spiro atoms. The van der Waals surface area contributed by atoms with E-state index in [1.165, 1.54) is 14.1 Å². The van der Waals surface area contributed by atoms with Gasteiger partial charge in [0.1, 0.15) is 5.69 Å². The largest absolute Gasteiger partial charge is 0.355 e. The minimum absolute atomic E-state index is 0.0833. The molecule has 0 atom stereocenters. The Bertz CT molecular complexity index is 322. The van der Waals surface area contributed by atoms with Gasteiger partial charge in [-0.25, -0.2) is 8.78 Å². The highest BCUT2D eigenvalue weighted by Crippen LogP contribution is 2.21. The van der Waals surface area contributed by atoms with Gasteiger partial charge in [0, 0.05) is 14.1 Å². The monoisotopic (exact) mass is 189 g/mol. The van der Waals surface area contributed by atoms with Crippen LogP contribution >= 0.6 is 0 Å². The second kappa shape index (κ2) is 3.51. The normalized spacial score (nSPS) is 10.5. The summed E-state index contributed by atoms with van der Waals surface area (Å²) in [5, 5.41) is 5.85. The first-order valence-electron chi connectivity index (χ1n) is 3.60. The summed E-state index contributed by atoms with van der Waals surface area (Å²) in [6.07, 6.45) is -1.57. The molecular weight excluding hydrogens is 180 g/mol. The molecule has 13 heavy (non-hydrogen) atoms. The van der Waals surface area contributed by atoms with Crippen molar-refractivity contribution in [2.75, 3.05) is 7.05 Å². The zero-order valence-electron chi connectivity index (χ0n) is 7.21. The molecule has 4 nitrogen and oxygen atoms in total. The predicted octanol–water partition coefficient (Wildman–Crippen LogP) is 0.717. The number of carbonyl (C=O) groups excluding carboxylic acids is 1. The molecule has 0 unspecified atom stereocenters. The maximum absolute atomic E-state index is 12.4. The van der Waals surface area contributed by atoms with Crippen molar-refractivity contribution in [2.24, 2.45) is 7.05 Å². The summed E-state index contributed by atoms with van der Waals surface area (Å²) in [4.78, 5) is 11.1. The van der Waals surface area contributed by atoms with E-state index < -0.39 is 12.3 Å². The highest BCUT2D eigenvalue weighted by Gasteiger charge is 2.21. The number of aryl methyl sites for hydroxylation is 1. The molecule has 0 saturated heterocycles. The Morgan fingerprint density at radius 1 is 1.69 bits per heavy atom. The number of hydrogen-bond acceptors (Lipinski definition) is 2. The number of hydrogen-bond donors (Lipinski definition) is 1. The Labute approximate surface area is 73.5 Å². The summed E-state index contributed by atoms with van der Waals surface area (Å²) in [6, 6.07) is 0. The Morgan fingerprint density at radius 2 is 2.31 bits per heavy atom. The topological polar surface area (TPSA) is 46.9 Å². The SMILES string of the molecule is CNC(=O)c1cnn(C)c1C(F)F. The van der Waals surface area contributed by atoms with Gasteiger partial charge in [0.2, 0.25) is 0 Å². The van der Waals surface area contributed by atoms with Gasteiger partial charge in [-0.05, 0) is 0 Å². The van der Waals surface area contributed by atoms with Crippen molar-refractivity contribution < 1.29 is 13.6 Å². The average Bonchev–Trinajstić information content (AvgIpc) is 2.45. The molecule has 72 valence electrons. The van der Waals surface area contributed by atoms with Crippen LogP contribution in [0.2, 0.25) is 0 Å². The van der Waals surface area contributed by atoms with Gasteiger partial charge in [-0.3, -0.25) is 9.48 Å². The molecule has 1 amide bonds. The van der Waals surface area contributed by atoms with E-state index in [4.69, 9.17) is 0 Å². The van der Waals surface area contributed by atoms with Crippen molar-refractivity contribution in [1.82, 2.24) is 15.1 Å². The lowest BCUT2D eigenvalue weighted by molar-refractivity contribution is 0.0945. The first-order valence-corrected chi connectivity index (χ1v) is 3.60. The number of rotatable bonds is 2. The van der Waals surface area contributed by atoms with Gasteiger partial charge in [0.05, 0.1) is 11.8 Å². The number of amides is 1. The lowest BCUT2D eigenvalue weighted by Crippen LogP contribution is -2.19. The van der Waals surface area contributed by atoms with E-state index in [2.05, 4.69) is 10.4 Å². The van der Waals surface area contributed by atoms with Crippen LogP contribution in [0, 0.1) is 0 Å². The van der Waals surface area contributed by atoms with Gasteiger partial charge in [-0.1, -0.05) is 0 Å². The minimum Gasteiger partial charge on any atom is -0.355 e. The van der Waals surface area contributed by atoms with Crippen LogP contribution in [-0.2, 0) is 7.05 Å². The average molecular weight is 189 g/mol. The Morgan fingerprint density at radius 3 is 2.77 bits per heavy atom. The zero-order chi connectivity index (χ0) is 10.0. The Hall–Kier alpha value is -1.46. The molecule has 0 aromatic carbocycles. The van der Waals surface area contributed by atoms with Crippen LogP contribution in [0.5, 0.6) is 0 Å². The zero-order valence-corrected chi connectivity index (χ0v) is 7.21. The van der Waals surface area contributed by atoms with Gasteiger partial charge >= 0.3 is 0 Å². The molecule has 1 rings (SSSR count). The summed E-state index contributed by atoms with van der Waals surface area (Å²) in [5.74, 6) is -0.552.